The van der Waals surface area contributed by atoms with Crippen molar-refractivity contribution in [1.82, 2.24) is 14.6 Å². The van der Waals surface area contributed by atoms with Gasteiger partial charge in [0.1, 0.15) is 0 Å². The van der Waals surface area contributed by atoms with Gasteiger partial charge in [-0.1, -0.05) is 20.3 Å². The molecule has 2 rings (SSSR count). The molecule has 14 heavy (non-hydrogen) atoms. The van der Waals surface area contributed by atoms with Crippen molar-refractivity contribution in [3.05, 3.63) is 29.7 Å². The van der Waals surface area contributed by atoms with Crippen molar-refractivity contribution in [2.75, 3.05) is 0 Å². The Morgan fingerprint density at radius 1 is 1.29 bits per heavy atom. The molecule has 3 nitrogen and oxygen atoms in total. The fourth-order valence-corrected chi connectivity index (χ4v) is 1.08. The average Bonchev–Trinajstić information content (AvgIpc) is 2.49. The molecule has 76 valence electrons. The molecule has 0 fully saturated rings. The van der Waals surface area contributed by atoms with Crippen LogP contribution in [0.4, 0.5) is 0 Å². The summed E-state index contributed by atoms with van der Waals surface area (Å²) in [7, 11) is 0. The Labute approximate surface area is 84.8 Å². The molecule has 0 bridgehead atoms. The maximum absolute atomic E-state index is 4.34. The summed E-state index contributed by atoms with van der Waals surface area (Å²) in [4.78, 5) is 4.34. The number of fused-ring (bicyclic) bond motifs is 1. The Kier molecular flexibility index (Phi) is 3.63. The molecule has 0 unspecified atom stereocenters. The zero-order valence-electron chi connectivity index (χ0n) is 9.28. The Balaban J connectivity index is 0.000000293. The number of hydrogen-bond donors (Lipinski definition) is 0. The minimum atomic E-state index is 0.949. The maximum Gasteiger partial charge on any atom is 0.156 e. The van der Waals surface area contributed by atoms with Crippen molar-refractivity contribution < 1.29 is 0 Å². The lowest BCUT2D eigenvalue weighted by Gasteiger charge is -1.94. The summed E-state index contributed by atoms with van der Waals surface area (Å²) in [5, 5.41) is 4.16. The molecule has 0 aliphatic carbocycles. The van der Waals surface area contributed by atoms with E-state index in [0.29, 0.717) is 0 Å². The van der Waals surface area contributed by atoms with Crippen molar-refractivity contribution in [2.24, 2.45) is 0 Å². The first-order chi connectivity index (χ1) is 6.69. The van der Waals surface area contributed by atoms with Crippen molar-refractivity contribution in [3.8, 4) is 0 Å². The minimum Gasteiger partial charge on any atom is -0.232 e. The molecule has 0 saturated carbocycles. The Hall–Kier alpha value is -1.38. The fourth-order valence-electron chi connectivity index (χ4n) is 1.08. The zero-order chi connectivity index (χ0) is 10.6. The van der Waals surface area contributed by atoms with Crippen LogP contribution in [0.15, 0.2) is 18.5 Å². The first-order valence-electron chi connectivity index (χ1n) is 4.96. The summed E-state index contributed by atoms with van der Waals surface area (Å²) in [6, 6.07) is 2.01. The SMILES string of the molecule is CCC.Cc1cnn2ccc(C)c2n1. The highest BCUT2D eigenvalue weighted by atomic mass is 15.2. The van der Waals surface area contributed by atoms with Gasteiger partial charge in [0.25, 0.3) is 0 Å². The van der Waals surface area contributed by atoms with Crippen LogP contribution in [0.5, 0.6) is 0 Å². The van der Waals surface area contributed by atoms with Crippen molar-refractivity contribution in [1.29, 1.82) is 0 Å². The average molecular weight is 191 g/mol. The quantitative estimate of drug-likeness (QED) is 0.641. The van der Waals surface area contributed by atoms with E-state index in [1.54, 1.807) is 10.7 Å². The van der Waals surface area contributed by atoms with Crippen molar-refractivity contribution in [2.45, 2.75) is 34.1 Å². The maximum atomic E-state index is 4.34. The number of nitrogens with zero attached hydrogens (tertiary/aromatic N) is 3. The summed E-state index contributed by atoms with van der Waals surface area (Å²) >= 11 is 0. The zero-order valence-corrected chi connectivity index (χ0v) is 9.28. The molecular formula is C11H17N3. The van der Waals surface area contributed by atoms with Crippen LogP contribution in [-0.2, 0) is 0 Å². The normalized spacial score (nSPS) is 9.71. The first kappa shape index (κ1) is 10.7. The highest BCUT2D eigenvalue weighted by Crippen LogP contribution is 2.06. The van der Waals surface area contributed by atoms with E-state index in [1.165, 1.54) is 12.0 Å². The van der Waals surface area contributed by atoms with Crippen LogP contribution in [-0.4, -0.2) is 14.6 Å². The Morgan fingerprint density at radius 3 is 2.57 bits per heavy atom. The van der Waals surface area contributed by atoms with Gasteiger partial charge in [0.05, 0.1) is 11.9 Å². The third kappa shape index (κ3) is 2.31. The molecule has 0 radical (unpaired) electrons. The van der Waals surface area contributed by atoms with Gasteiger partial charge in [-0.25, -0.2) is 9.50 Å². The van der Waals surface area contributed by atoms with Gasteiger partial charge in [0, 0.05) is 6.20 Å². The first-order valence-corrected chi connectivity index (χ1v) is 4.96. The van der Waals surface area contributed by atoms with E-state index in [-0.39, 0.29) is 0 Å². The van der Waals surface area contributed by atoms with Crippen LogP contribution >= 0.6 is 0 Å². The summed E-state index contributed by atoms with van der Waals surface area (Å²) in [5.41, 5.74) is 3.07. The molecule has 2 aromatic rings. The molecule has 2 heterocycles. The van der Waals surface area contributed by atoms with E-state index in [0.717, 1.165) is 11.3 Å². The third-order valence-electron chi connectivity index (χ3n) is 1.69. The predicted octanol–water partition coefficient (Wildman–Crippen LogP) is 2.76. The van der Waals surface area contributed by atoms with Crippen molar-refractivity contribution in [3.63, 3.8) is 0 Å². The molecule has 0 N–H and O–H groups in total. The van der Waals surface area contributed by atoms with Crippen LogP contribution in [0.1, 0.15) is 31.5 Å². The third-order valence-corrected chi connectivity index (χ3v) is 1.69. The summed E-state index contributed by atoms with van der Waals surface area (Å²) < 4.78 is 1.78. The second-order valence-corrected chi connectivity index (χ2v) is 3.37. The van der Waals surface area contributed by atoms with Gasteiger partial charge in [0.15, 0.2) is 5.65 Å². The van der Waals surface area contributed by atoms with Gasteiger partial charge in [0.2, 0.25) is 0 Å². The van der Waals surface area contributed by atoms with Crippen LogP contribution < -0.4 is 0 Å². The number of aryl methyl sites for hydroxylation is 2. The number of hydrogen-bond acceptors (Lipinski definition) is 2. The van der Waals surface area contributed by atoms with E-state index in [1.807, 2.05) is 26.1 Å². The lowest BCUT2D eigenvalue weighted by Crippen LogP contribution is -1.94. The van der Waals surface area contributed by atoms with Gasteiger partial charge in [-0.15, -0.1) is 0 Å². The van der Waals surface area contributed by atoms with Gasteiger partial charge in [-0.05, 0) is 25.5 Å². The molecule has 0 aliphatic rings. The molecule has 0 aromatic carbocycles. The summed E-state index contributed by atoms with van der Waals surface area (Å²) in [6.07, 6.45) is 4.92. The predicted molar refractivity (Wildman–Crippen MR) is 58.4 cm³/mol. The molecule has 0 amide bonds. The summed E-state index contributed by atoms with van der Waals surface area (Å²) in [6.45, 7) is 8.23. The lowest BCUT2D eigenvalue weighted by molar-refractivity contribution is 0.891. The monoisotopic (exact) mass is 191 g/mol. The second kappa shape index (κ2) is 4.74. The Bertz CT molecular complexity index is 404. The number of rotatable bonds is 0. The van der Waals surface area contributed by atoms with Gasteiger partial charge in [-0.2, -0.15) is 5.10 Å². The minimum absolute atomic E-state index is 0.949. The lowest BCUT2D eigenvalue weighted by atomic mass is 10.4. The van der Waals surface area contributed by atoms with Crippen LogP contribution in [0.25, 0.3) is 5.65 Å². The molecule has 0 spiro atoms. The highest BCUT2D eigenvalue weighted by Gasteiger charge is 1.98. The number of aromatic nitrogens is 3. The molecule has 0 aliphatic heterocycles. The van der Waals surface area contributed by atoms with Crippen LogP contribution in [0.3, 0.4) is 0 Å². The standard InChI is InChI=1S/C8H9N3.C3H8/c1-6-3-4-11-8(6)10-7(2)5-9-11;1-3-2/h3-5H,1-2H3;3H2,1-2H3. The molecule has 3 heteroatoms. The van der Waals surface area contributed by atoms with Gasteiger partial charge in [-0.3, -0.25) is 0 Å². The largest absolute Gasteiger partial charge is 0.232 e. The summed E-state index contributed by atoms with van der Waals surface area (Å²) in [5.74, 6) is 0. The topological polar surface area (TPSA) is 30.2 Å². The van der Waals surface area contributed by atoms with E-state index >= 15 is 0 Å². The molecule has 2 aromatic heterocycles. The molecule has 0 saturated heterocycles. The fraction of sp³-hybridized carbons (Fsp3) is 0.455. The van der Waals surface area contributed by atoms with E-state index < -0.39 is 0 Å². The van der Waals surface area contributed by atoms with Crippen LogP contribution in [0.2, 0.25) is 0 Å². The van der Waals surface area contributed by atoms with Crippen molar-refractivity contribution >= 4 is 5.65 Å². The molecular weight excluding hydrogens is 174 g/mol. The van der Waals surface area contributed by atoms with Gasteiger partial charge < -0.3 is 0 Å². The second-order valence-electron chi connectivity index (χ2n) is 3.37. The highest BCUT2D eigenvalue weighted by molar-refractivity contribution is 5.46. The van der Waals surface area contributed by atoms with Crippen LogP contribution in [0, 0.1) is 13.8 Å². The Morgan fingerprint density at radius 2 is 1.93 bits per heavy atom. The smallest absolute Gasteiger partial charge is 0.156 e. The van der Waals surface area contributed by atoms with Gasteiger partial charge >= 0.3 is 0 Å². The van der Waals surface area contributed by atoms with E-state index in [4.69, 9.17) is 0 Å². The van der Waals surface area contributed by atoms with E-state index in [2.05, 4.69) is 23.9 Å². The van der Waals surface area contributed by atoms with E-state index in [9.17, 15) is 0 Å². The molecule has 0 atom stereocenters.